The van der Waals surface area contributed by atoms with Crippen molar-refractivity contribution in [3.05, 3.63) is 71.4 Å². The lowest BCUT2D eigenvalue weighted by atomic mass is 10.1. The Balaban J connectivity index is 1.60. The van der Waals surface area contributed by atoms with E-state index < -0.39 is 0 Å². The smallest absolute Gasteiger partial charge is 0.263 e. The van der Waals surface area contributed by atoms with E-state index in [1.807, 2.05) is 46.1 Å². The summed E-state index contributed by atoms with van der Waals surface area (Å²) in [4.78, 5) is 14.4. The first kappa shape index (κ1) is 19.5. The van der Waals surface area contributed by atoms with E-state index in [1.54, 1.807) is 16.9 Å². The maximum Gasteiger partial charge on any atom is 0.263 e. The summed E-state index contributed by atoms with van der Waals surface area (Å²) in [5, 5.41) is 7.19. The minimum absolute atomic E-state index is 0.0486. The molecule has 0 saturated heterocycles. The lowest BCUT2D eigenvalue weighted by molar-refractivity contribution is -0.118. The van der Waals surface area contributed by atoms with E-state index in [-0.39, 0.29) is 12.5 Å². The van der Waals surface area contributed by atoms with Crippen molar-refractivity contribution in [3.63, 3.8) is 0 Å². The second-order valence-corrected chi connectivity index (χ2v) is 7.04. The van der Waals surface area contributed by atoms with E-state index in [0.29, 0.717) is 12.4 Å². The molecule has 1 N–H and O–H groups in total. The standard InChI is InChI=1S/C22H26N4O2/c1-16-5-6-17(2)20(13-16)28-15-22(27)24-21-11-12-23-26(21)14-18-7-9-19(10-8-18)25(3)4/h5-13H,14-15H2,1-4H3,(H,24,27). The van der Waals surface area contributed by atoms with Gasteiger partial charge in [0.15, 0.2) is 6.61 Å². The van der Waals surface area contributed by atoms with E-state index in [2.05, 4.69) is 39.6 Å². The van der Waals surface area contributed by atoms with Gasteiger partial charge in [-0.15, -0.1) is 0 Å². The number of ether oxygens (including phenoxy) is 1. The first-order valence-corrected chi connectivity index (χ1v) is 9.20. The number of rotatable bonds is 7. The van der Waals surface area contributed by atoms with Crippen LogP contribution in [0.1, 0.15) is 16.7 Å². The number of nitrogens with one attached hydrogen (secondary N) is 1. The van der Waals surface area contributed by atoms with E-state index in [4.69, 9.17) is 4.74 Å². The summed E-state index contributed by atoms with van der Waals surface area (Å²) >= 11 is 0. The zero-order chi connectivity index (χ0) is 20.1. The molecule has 0 bridgehead atoms. The summed E-state index contributed by atoms with van der Waals surface area (Å²) in [6, 6.07) is 16.0. The van der Waals surface area contributed by atoms with Crippen molar-refractivity contribution < 1.29 is 9.53 Å². The van der Waals surface area contributed by atoms with Crippen LogP contribution in [0.3, 0.4) is 0 Å². The maximum atomic E-state index is 12.3. The van der Waals surface area contributed by atoms with Crippen LogP contribution in [-0.4, -0.2) is 36.4 Å². The molecule has 28 heavy (non-hydrogen) atoms. The fourth-order valence-corrected chi connectivity index (χ4v) is 2.82. The zero-order valence-corrected chi connectivity index (χ0v) is 16.8. The molecule has 0 aliphatic heterocycles. The quantitative estimate of drug-likeness (QED) is 0.682. The van der Waals surface area contributed by atoms with Crippen molar-refractivity contribution >= 4 is 17.4 Å². The largest absolute Gasteiger partial charge is 0.483 e. The van der Waals surface area contributed by atoms with Crippen molar-refractivity contribution in [3.8, 4) is 5.75 Å². The van der Waals surface area contributed by atoms with Crippen molar-refractivity contribution in [2.24, 2.45) is 0 Å². The minimum atomic E-state index is -0.217. The van der Waals surface area contributed by atoms with Crippen LogP contribution in [0.25, 0.3) is 0 Å². The summed E-state index contributed by atoms with van der Waals surface area (Å²) in [6.45, 7) is 4.49. The second-order valence-electron chi connectivity index (χ2n) is 7.04. The van der Waals surface area contributed by atoms with Gasteiger partial charge in [0.05, 0.1) is 12.7 Å². The highest BCUT2D eigenvalue weighted by atomic mass is 16.5. The van der Waals surface area contributed by atoms with Crippen LogP contribution in [0.4, 0.5) is 11.5 Å². The van der Waals surface area contributed by atoms with Gasteiger partial charge in [0.1, 0.15) is 11.6 Å². The van der Waals surface area contributed by atoms with E-state index in [9.17, 15) is 4.79 Å². The Morgan fingerprint density at radius 3 is 2.57 bits per heavy atom. The molecule has 3 aromatic rings. The van der Waals surface area contributed by atoms with Gasteiger partial charge in [0.2, 0.25) is 0 Å². The monoisotopic (exact) mass is 378 g/mol. The van der Waals surface area contributed by atoms with Crippen molar-refractivity contribution in [2.45, 2.75) is 20.4 Å². The summed E-state index contributed by atoms with van der Waals surface area (Å²) in [6.07, 6.45) is 1.68. The van der Waals surface area contributed by atoms with E-state index in [1.165, 1.54) is 0 Å². The molecule has 0 spiro atoms. The molecule has 0 fully saturated rings. The summed E-state index contributed by atoms with van der Waals surface area (Å²) < 4.78 is 7.44. The van der Waals surface area contributed by atoms with Crippen LogP contribution in [0.5, 0.6) is 5.75 Å². The zero-order valence-electron chi connectivity index (χ0n) is 16.8. The molecule has 0 saturated carbocycles. The average molecular weight is 378 g/mol. The van der Waals surface area contributed by atoms with Gasteiger partial charge in [0, 0.05) is 25.8 Å². The number of nitrogens with zero attached hydrogens (tertiary/aromatic N) is 3. The fourth-order valence-electron chi connectivity index (χ4n) is 2.82. The molecule has 0 unspecified atom stereocenters. The van der Waals surface area contributed by atoms with Gasteiger partial charge in [-0.1, -0.05) is 24.3 Å². The number of hydrogen-bond donors (Lipinski definition) is 1. The second kappa shape index (κ2) is 8.61. The fraction of sp³-hybridized carbons (Fsp3) is 0.273. The third-order valence-corrected chi connectivity index (χ3v) is 4.47. The highest BCUT2D eigenvalue weighted by molar-refractivity contribution is 5.91. The first-order chi connectivity index (χ1) is 13.4. The molecule has 2 aromatic carbocycles. The van der Waals surface area contributed by atoms with Crippen LogP contribution < -0.4 is 15.0 Å². The number of carbonyl (C=O) groups excluding carboxylic acids is 1. The molecular weight excluding hydrogens is 352 g/mol. The number of hydrogen-bond acceptors (Lipinski definition) is 4. The van der Waals surface area contributed by atoms with Crippen LogP contribution in [0.2, 0.25) is 0 Å². The normalized spacial score (nSPS) is 10.6. The van der Waals surface area contributed by atoms with Crippen LogP contribution >= 0.6 is 0 Å². The summed E-state index contributed by atoms with van der Waals surface area (Å²) in [5.74, 6) is 1.15. The number of anilines is 2. The Morgan fingerprint density at radius 2 is 1.86 bits per heavy atom. The molecule has 0 radical (unpaired) electrons. The lowest BCUT2D eigenvalue weighted by Crippen LogP contribution is -2.22. The molecule has 1 amide bonds. The van der Waals surface area contributed by atoms with Crippen molar-refractivity contribution in [1.82, 2.24) is 9.78 Å². The Bertz CT molecular complexity index is 945. The third-order valence-electron chi connectivity index (χ3n) is 4.47. The third kappa shape index (κ3) is 4.91. The minimum Gasteiger partial charge on any atom is -0.483 e. The van der Waals surface area contributed by atoms with Gasteiger partial charge >= 0.3 is 0 Å². The van der Waals surface area contributed by atoms with Crippen molar-refractivity contribution in [1.29, 1.82) is 0 Å². The molecule has 0 atom stereocenters. The average Bonchev–Trinajstić information content (AvgIpc) is 3.09. The Kier molecular flexibility index (Phi) is 5.99. The molecule has 1 heterocycles. The Labute approximate surface area is 165 Å². The molecule has 6 heteroatoms. The van der Waals surface area contributed by atoms with E-state index >= 15 is 0 Å². The molecule has 6 nitrogen and oxygen atoms in total. The van der Waals surface area contributed by atoms with Gasteiger partial charge in [0.25, 0.3) is 5.91 Å². The molecular formula is C22H26N4O2. The first-order valence-electron chi connectivity index (χ1n) is 9.20. The maximum absolute atomic E-state index is 12.3. The number of aryl methyl sites for hydroxylation is 2. The van der Waals surface area contributed by atoms with E-state index in [0.717, 1.165) is 28.1 Å². The van der Waals surface area contributed by atoms with Crippen LogP contribution in [0, 0.1) is 13.8 Å². The predicted molar refractivity (Wildman–Crippen MR) is 112 cm³/mol. The summed E-state index contributed by atoms with van der Waals surface area (Å²) in [7, 11) is 4.02. The number of benzene rings is 2. The van der Waals surface area contributed by atoms with Gasteiger partial charge in [-0.2, -0.15) is 5.10 Å². The Hall–Kier alpha value is -3.28. The van der Waals surface area contributed by atoms with Crippen LogP contribution in [-0.2, 0) is 11.3 Å². The number of amides is 1. The molecule has 3 rings (SSSR count). The number of aromatic nitrogens is 2. The molecule has 0 aliphatic rings. The molecule has 146 valence electrons. The van der Waals surface area contributed by atoms with Crippen molar-refractivity contribution in [2.75, 3.05) is 30.9 Å². The van der Waals surface area contributed by atoms with Gasteiger partial charge in [-0.3, -0.25) is 4.79 Å². The van der Waals surface area contributed by atoms with Gasteiger partial charge in [-0.25, -0.2) is 4.68 Å². The molecule has 1 aromatic heterocycles. The topological polar surface area (TPSA) is 59.4 Å². The number of carbonyl (C=O) groups is 1. The highest BCUT2D eigenvalue weighted by Crippen LogP contribution is 2.19. The van der Waals surface area contributed by atoms with Gasteiger partial charge < -0.3 is 15.0 Å². The Morgan fingerprint density at radius 1 is 1.11 bits per heavy atom. The van der Waals surface area contributed by atoms with Gasteiger partial charge in [-0.05, 0) is 48.7 Å². The predicted octanol–water partition coefficient (Wildman–Crippen LogP) is 3.63. The summed E-state index contributed by atoms with van der Waals surface area (Å²) in [5.41, 5.74) is 4.35. The lowest BCUT2D eigenvalue weighted by Gasteiger charge is -2.14. The van der Waals surface area contributed by atoms with Crippen LogP contribution in [0.15, 0.2) is 54.7 Å². The SMILES string of the molecule is Cc1ccc(C)c(OCC(=O)Nc2ccnn2Cc2ccc(N(C)C)cc2)c1. The highest BCUT2D eigenvalue weighted by Gasteiger charge is 2.10. The molecule has 0 aliphatic carbocycles.